The number of benzene rings is 2. The second-order valence-corrected chi connectivity index (χ2v) is 9.67. The van der Waals surface area contributed by atoms with E-state index in [0.29, 0.717) is 30.7 Å². The summed E-state index contributed by atoms with van der Waals surface area (Å²) in [6, 6.07) is 12.6. The standard InChI is InChI=1S/C22H27N5O3S/c1-2-17-8-4-5-9-19(17)23-22(28)12-15-27-21-11-10-18(16-20(21)24-25-27)31(29,30)26-13-6-3-7-14-26/h4-5,8-11,16H,2-3,6-7,12-15H2,1H3,(H,23,28). The lowest BCUT2D eigenvalue weighted by Crippen LogP contribution is -2.35. The Morgan fingerprint density at radius 2 is 1.87 bits per heavy atom. The van der Waals surface area contributed by atoms with Gasteiger partial charge in [-0.25, -0.2) is 13.1 Å². The fourth-order valence-corrected chi connectivity index (χ4v) is 5.44. The Balaban J connectivity index is 1.45. The molecule has 0 bridgehead atoms. The molecule has 4 rings (SSSR count). The highest BCUT2D eigenvalue weighted by molar-refractivity contribution is 7.89. The van der Waals surface area contributed by atoms with E-state index in [2.05, 4.69) is 15.6 Å². The van der Waals surface area contributed by atoms with E-state index in [1.54, 1.807) is 27.2 Å². The zero-order valence-corrected chi connectivity index (χ0v) is 18.4. The van der Waals surface area contributed by atoms with Gasteiger partial charge in [0.15, 0.2) is 0 Å². The van der Waals surface area contributed by atoms with E-state index in [0.717, 1.165) is 36.9 Å². The van der Waals surface area contributed by atoms with Gasteiger partial charge in [-0.1, -0.05) is 36.8 Å². The number of hydrogen-bond donors (Lipinski definition) is 1. The summed E-state index contributed by atoms with van der Waals surface area (Å²) in [6.07, 6.45) is 3.93. The van der Waals surface area contributed by atoms with E-state index in [1.807, 2.05) is 31.2 Å². The minimum Gasteiger partial charge on any atom is -0.326 e. The molecular formula is C22H27N5O3S. The summed E-state index contributed by atoms with van der Waals surface area (Å²) in [5, 5.41) is 11.2. The van der Waals surface area contributed by atoms with Gasteiger partial charge in [-0.15, -0.1) is 5.10 Å². The van der Waals surface area contributed by atoms with Crippen molar-refractivity contribution in [2.75, 3.05) is 18.4 Å². The van der Waals surface area contributed by atoms with Crippen molar-refractivity contribution in [2.24, 2.45) is 0 Å². The van der Waals surface area contributed by atoms with Gasteiger partial charge in [0.1, 0.15) is 5.52 Å². The predicted molar refractivity (Wildman–Crippen MR) is 119 cm³/mol. The summed E-state index contributed by atoms with van der Waals surface area (Å²) >= 11 is 0. The number of fused-ring (bicyclic) bond motifs is 1. The minimum absolute atomic E-state index is 0.103. The maximum absolute atomic E-state index is 12.9. The van der Waals surface area contributed by atoms with Crippen LogP contribution in [0.2, 0.25) is 0 Å². The number of hydrogen-bond acceptors (Lipinski definition) is 5. The maximum Gasteiger partial charge on any atom is 0.243 e. The fraction of sp³-hybridized carbons (Fsp3) is 0.409. The van der Waals surface area contributed by atoms with Gasteiger partial charge in [-0.2, -0.15) is 4.31 Å². The number of para-hydroxylation sites is 1. The molecule has 8 nitrogen and oxygen atoms in total. The third-order valence-corrected chi connectivity index (χ3v) is 7.56. The van der Waals surface area contributed by atoms with Crippen LogP contribution in [0.4, 0.5) is 5.69 Å². The second kappa shape index (κ2) is 9.15. The third kappa shape index (κ3) is 4.62. The minimum atomic E-state index is -3.52. The first kappa shape index (κ1) is 21.5. The predicted octanol–water partition coefficient (Wildman–Crippen LogP) is 3.20. The normalized spacial score (nSPS) is 15.3. The lowest BCUT2D eigenvalue weighted by Gasteiger charge is -2.25. The maximum atomic E-state index is 12.9. The molecule has 9 heteroatoms. The Labute approximate surface area is 182 Å². The summed E-state index contributed by atoms with van der Waals surface area (Å²) in [6.45, 7) is 3.52. The first-order valence-corrected chi connectivity index (χ1v) is 12.1. The zero-order chi connectivity index (χ0) is 21.8. The second-order valence-electron chi connectivity index (χ2n) is 7.74. The van der Waals surface area contributed by atoms with Crippen LogP contribution in [-0.4, -0.2) is 46.7 Å². The quantitative estimate of drug-likeness (QED) is 0.607. The summed E-state index contributed by atoms with van der Waals surface area (Å²) < 4.78 is 29.0. The summed E-state index contributed by atoms with van der Waals surface area (Å²) in [4.78, 5) is 12.7. The molecule has 1 aliphatic rings. The molecule has 0 radical (unpaired) electrons. The molecule has 1 N–H and O–H groups in total. The lowest BCUT2D eigenvalue weighted by molar-refractivity contribution is -0.116. The van der Waals surface area contributed by atoms with Gasteiger partial charge in [0.2, 0.25) is 15.9 Å². The van der Waals surface area contributed by atoms with Crippen LogP contribution in [0.15, 0.2) is 47.4 Å². The highest BCUT2D eigenvalue weighted by atomic mass is 32.2. The van der Waals surface area contributed by atoms with E-state index in [1.165, 1.54) is 0 Å². The lowest BCUT2D eigenvalue weighted by atomic mass is 10.1. The number of aryl methyl sites for hydroxylation is 2. The summed E-state index contributed by atoms with van der Waals surface area (Å²) in [5.41, 5.74) is 3.13. The summed E-state index contributed by atoms with van der Waals surface area (Å²) in [7, 11) is -3.52. The number of piperidine rings is 1. The fourth-order valence-electron chi connectivity index (χ4n) is 3.90. The topological polar surface area (TPSA) is 97.2 Å². The van der Waals surface area contributed by atoms with Gasteiger partial charge in [-0.3, -0.25) is 4.79 Å². The molecule has 3 aromatic rings. The van der Waals surface area contributed by atoms with Crippen molar-refractivity contribution in [1.29, 1.82) is 0 Å². The molecule has 2 heterocycles. The van der Waals surface area contributed by atoms with Crippen LogP contribution in [0.25, 0.3) is 11.0 Å². The molecular weight excluding hydrogens is 414 g/mol. The number of anilines is 1. The number of aromatic nitrogens is 3. The monoisotopic (exact) mass is 441 g/mol. The molecule has 164 valence electrons. The van der Waals surface area contributed by atoms with E-state index >= 15 is 0 Å². The van der Waals surface area contributed by atoms with Crippen molar-refractivity contribution in [3.05, 3.63) is 48.0 Å². The number of rotatable bonds is 7. The Bertz CT molecular complexity index is 1180. The third-order valence-electron chi connectivity index (χ3n) is 5.66. The highest BCUT2D eigenvalue weighted by Gasteiger charge is 2.26. The van der Waals surface area contributed by atoms with Crippen LogP contribution in [0, 0.1) is 0 Å². The molecule has 0 saturated carbocycles. The number of nitrogens with one attached hydrogen (secondary N) is 1. The molecule has 1 amide bonds. The molecule has 0 unspecified atom stereocenters. The van der Waals surface area contributed by atoms with E-state index in [-0.39, 0.29) is 17.2 Å². The first-order valence-electron chi connectivity index (χ1n) is 10.7. The molecule has 1 aliphatic heterocycles. The van der Waals surface area contributed by atoms with Gasteiger partial charge in [0.25, 0.3) is 0 Å². The van der Waals surface area contributed by atoms with Crippen molar-refractivity contribution in [3.63, 3.8) is 0 Å². The van der Waals surface area contributed by atoms with Crippen LogP contribution in [0.3, 0.4) is 0 Å². The Hall–Kier alpha value is -2.78. The van der Waals surface area contributed by atoms with Crippen molar-refractivity contribution in [1.82, 2.24) is 19.3 Å². The Morgan fingerprint density at radius 3 is 2.65 bits per heavy atom. The molecule has 0 spiro atoms. The molecule has 2 aromatic carbocycles. The smallest absolute Gasteiger partial charge is 0.243 e. The van der Waals surface area contributed by atoms with Crippen molar-refractivity contribution in [2.45, 2.75) is 50.5 Å². The van der Waals surface area contributed by atoms with Crippen molar-refractivity contribution >= 4 is 32.7 Å². The number of carbonyl (C=O) groups is 1. The van der Waals surface area contributed by atoms with Crippen molar-refractivity contribution in [3.8, 4) is 0 Å². The number of nitrogens with zero attached hydrogens (tertiary/aromatic N) is 4. The molecule has 0 atom stereocenters. The van der Waals surface area contributed by atoms with Crippen LogP contribution >= 0.6 is 0 Å². The van der Waals surface area contributed by atoms with E-state index in [9.17, 15) is 13.2 Å². The number of sulfonamides is 1. The van der Waals surface area contributed by atoms with Crippen LogP contribution in [0.5, 0.6) is 0 Å². The van der Waals surface area contributed by atoms with Gasteiger partial charge in [-0.05, 0) is 49.1 Å². The van der Waals surface area contributed by atoms with Gasteiger partial charge in [0, 0.05) is 25.2 Å². The largest absolute Gasteiger partial charge is 0.326 e. The molecule has 31 heavy (non-hydrogen) atoms. The Morgan fingerprint density at radius 1 is 1.10 bits per heavy atom. The SMILES string of the molecule is CCc1ccccc1NC(=O)CCn1nnc2cc(S(=O)(=O)N3CCCCC3)ccc21. The molecule has 1 saturated heterocycles. The van der Waals surface area contributed by atoms with Crippen molar-refractivity contribution < 1.29 is 13.2 Å². The average molecular weight is 442 g/mol. The van der Waals surface area contributed by atoms with Gasteiger partial charge >= 0.3 is 0 Å². The van der Waals surface area contributed by atoms with Crippen LogP contribution < -0.4 is 5.32 Å². The Kier molecular flexibility index (Phi) is 6.33. The zero-order valence-electron chi connectivity index (χ0n) is 17.6. The van der Waals surface area contributed by atoms with Crippen LogP contribution in [0.1, 0.15) is 38.2 Å². The first-order chi connectivity index (χ1) is 15.0. The number of amides is 1. The van der Waals surface area contributed by atoms with Gasteiger partial charge in [0.05, 0.1) is 17.0 Å². The van der Waals surface area contributed by atoms with Gasteiger partial charge < -0.3 is 5.32 Å². The average Bonchev–Trinajstić information content (AvgIpc) is 3.21. The molecule has 1 aromatic heterocycles. The number of carbonyl (C=O) groups excluding carboxylic acids is 1. The van der Waals surface area contributed by atoms with E-state index in [4.69, 9.17) is 0 Å². The van der Waals surface area contributed by atoms with Crippen LogP contribution in [-0.2, 0) is 27.8 Å². The molecule has 0 aliphatic carbocycles. The highest BCUT2D eigenvalue weighted by Crippen LogP contribution is 2.23. The molecule has 1 fully saturated rings. The van der Waals surface area contributed by atoms with E-state index < -0.39 is 10.0 Å². The summed E-state index contributed by atoms with van der Waals surface area (Å²) in [5.74, 6) is -0.103.